The molecule has 134 valence electrons. The third-order valence-electron chi connectivity index (χ3n) is 4.99. The van der Waals surface area contributed by atoms with Crippen molar-refractivity contribution in [1.29, 1.82) is 0 Å². The van der Waals surface area contributed by atoms with E-state index >= 15 is 0 Å². The van der Waals surface area contributed by atoms with Crippen LogP contribution in [0, 0.1) is 0 Å². The zero-order chi connectivity index (χ0) is 18.9. The summed E-state index contributed by atoms with van der Waals surface area (Å²) < 4.78 is 1.66. The Kier molecular flexibility index (Phi) is 3.95. The van der Waals surface area contributed by atoms with Gasteiger partial charge in [-0.05, 0) is 52.4 Å². The summed E-state index contributed by atoms with van der Waals surface area (Å²) in [5.41, 5.74) is 4.01. The topological polar surface area (TPSA) is 47.8 Å². The van der Waals surface area contributed by atoms with Crippen molar-refractivity contribution in [3.63, 3.8) is 0 Å². The van der Waals surface area contributed by atoms with Gasteiger partial charge in [0.05, 0.1) is 23.8 Å². The summed E-state index contributed by atoms with van der Waals surface area (Å²) in [5.74, 6) is 0. The van der Waals surface area contributed by atoms with Gasteiger partial charge in [0.25, 0.3) is 5.56 Å². The van der Waals surface area contributed by atoms with Gasteiger partial charge < -0.3 is 0 Å². The highest BCUT2D eigenvalue weighted by molar-refractivity contribution is 5.86. The molecule has 0 fully saturated rings. The lowest BCUT2D eigenvalue weighted by atomic mass is 10.0. The smallest absolute Gasteiger partial charge is 0.261 e. The zero-order valence-electron chi connectivity index (χ0n) is 15.1. The van der Waals surface area contributed by atoms with Crippen LogP contribution in [-0.2, 0) is 6.54 Å². The van der Waals surface area contributed by atoms with Crippen LogP contribution in [0.1, 0.15) is 5.56 Å². The highest BCUT2D eigenvalue weighted by Crippen LogP contribution is 2.25. The van der Waals surface area contributed by atoms with Crippen LogP contribution in [0.2, 0.25) is 0 Å². The molecular formula is C24H17N3O. The molecule has 0 saturated heterocycles. The van der Waals surface area contributed by atoms with E-state index in [2.05, 4.69) is 40.3 Å². The van der Waals surface area contributed by atoms with Gasteiger partial charge in [0.1, 0.15) is 0 Å². The minimum atomic E-state index is -0.0206. The first-order valence-corrected chi connectivity index (χ1v) is 9.15. The first kappa shape index (κ1) is 16.4. The molecule has 28 heavy (non-hydrogen) atoms. The quantitative estimate of drug-likeness (QED) is 0.468. The van der Waals surface area contributed by atoms with Gasteiger partial charge in [-0.15, -0.1) is 0 Å². The first-order valence-electron chi connectivity index (χ1n) is 9.15. The largest absolute Gasteiger partial charge is 0.294 e. The standard InChI is InChI=1S/C24H17N3O/c28-24-22-6-1-2-7-23(22)26-16-27(24)15-17-4-3-5-19(12-17)20-9-8-18-10-11-25-14-21(18)13-20/h1-14,16H,15H2. The molecule has 0 saturated carbocycles. The van der Waals surface area contributed by atoms with E-state index in [0.29, 0.717) is 11.9 Å². The average Bonchev–Trinajstić information content (AvgIpc) is 2.76. The van der Waals surface area contributed by atoms with Crippen LogP contribution in [0.5, 0.6) is 0 Å². The average molecular weight is 363 g/mol. The second-order valence-corrected chi connectivity index (χ2v) is 6.83. The van der Waals surface area contributed by atoms with Gasteiger partial charge in [-0.2, -0.15) is 0 Å². The molecule has 0 aliphatic carbocycles. The summed E-state index contributed by atoms with van der Waals surface area (Å²) in [6.45, 7) is 0.486. The first-order chi connectivity index (χ1) is 13.8. The number of aromatic nitrogens is 3. The molecule has 0 unspecified atom stereocenters. The number of hydrogen-bond donors (Lipinski definition) is 0. The fraction of sp³-hybridized carbons (Fsp3) is 0.0417. The van der Waals surface area contributed by atoms with Gasteiger partial charge in [-0.25, -0.2) is 4.98 Å². The van der Waals surface area contributed by atoms with E-state index in [-0.39, 0.29) is 5.56 Å². The van der Waals surface area contributed by atoms with Gasteiger partial charge in [0.15, 0.2) is 0 Å². The molecule has 0 aliphatic rings. The highest BCUT2D eigenvalue weighted by Gasteiger charge is 2.06. The van der Waals surface area contributed by atoms with Crippen molar-refractivity contribution in [3.05, 3.63) is 107 Å². The van der Waals surface area contributed by atoms with Crippen molar-refractivity contribution in [1.82, 2.24) is 14.5 Å². The molecule has 4 nitrogen and oxygen atoms in total. The molecule has 5 aromatic rings. The van der Waals surface area contributed by atoms with Crippen molar-refractivity contribution >= 4 is 21.7 Å². The maximum atomic E-state index is 12.8. The van der Waals surface area contributed by atoms with E-state index < -0.39 is 0 Å². The number of nitrogens with zero attached hydrogens (tertiary/aromatic N) is 3. The van der Waals surface area contributed by atoms with Crippen LogP contribution in [-0.4, -0.2) is 14.5 Å². The molecule has 0 atom stereocenters. The second kappa shape index (κ2) is 6.74. The van der Waals surface area contributed by atoms with Gasteiger partial charge in [0, 0.05) is 17.8 Å². The molecule has 4 heteroatoms. The third-order valence-corrected chi connectivity index (χ3v) is 4.99. The fourth-order valence-electron chi connectivity index (χ4n) is 3.53. The van der Waals surface area contributed by atoms with E-state index in [1.807, 2.05) is 48.7 Å². The Labute approximate surface area is 161 Å². The Morgan fingerprint density at radius 1 is 0.821 bits per heavy atom. The third kappa shape index (κ3) is 2.95. The number of pyridine rings is 1. The van der Waals surface area contributed by atoms with E-state index in [9.17, 15) is 4.79 Å². The Bertz CT molecular complexity index is 1370. The molecule has 2 heterocycles. The summed E-state index contributed by atoms with van der Waals surface area (Å²) in [6.07, 6.45) is 5.31. The Hall–Kier alpha value is -3.79. The SMILES string of the molecule is O=c1c2ccccc2ncn1Cc1cccc(-c2ccc3ccncc3c2)c1. The minimum absolute atomic E-state index is 0.0206. The fourth-order valence-corrected chi connectivity index (χ4v) is 3.53. The molecule has 0 radical (unpaired) electrons. The van der Waals surface area contributed by atoms with Gasteiger partial charge in [0.2, 0.25) is 0 Å². The molecule has 5 rings (SSSR count). The predicted molar refractivity (Wildman–Crippen MR) is 112 cm³/mol. The van der Waals surface area contributed by atoms with Crippen molar-refractivity contribution in [2.24, 2.45) is 0 Å². The molecule has 0 spiro atoms. The van der Waals surface area contributed by atoms with Crippen molar-refractivity contribution in [2.75, 3.05) is 0 Å². The van der Waals surface area contributed by atoms with Crippen LogP contribution in [0.4, 0.5) is 0 Å². The summed E-state index contributed by atoms with van der Waals surface area (Å²) in [6, 6.07) is 24.1. The van der Waals surface area contributed by atoms with Crippen molar-refractivity contribution < 1.29 is 0 Å². The lowest BCUT2D eigenvalue weighted by Gasteiger charge is -2.09. The Morgan fingerprint density at radius 3 is 2.68 bits per heavy atom. The summed E-state index contributed by atoms with van der Waals surface area (Å²) in [7, 11) is 0. The van der Waals surface area contributed by atoms with E-state index in [0.717, 1.165) is 27.6 Å². The van der Waals surface area contributed by atoms with Crippen LogP contribution in [0.3, 0.4) is 0 Å². The zero-order valence-corrected chi connectivity index (χ0v) is 15.1. The molecule has 0 N–H and O–H groups in total. The van der Waals surface area contributed by atoms with Crippen LogP contribution in [0.25, 0.3) is 32.8 Å². The van der Waals surface area contributed by atoms with Crippen LogP contribution >= 0.6 is 0 Å². The van der Waals surface area contributed by atoms with Crippen LogP contribution in [0.15, 0.2) is 96.3 Å². The monoisotopic (exact) mass is 363 g/mol. The Balaban J connectivity index is 1.52. The lowest BCUT2D eigenvalue weighted by Crippen LogP contribution is -2.21. The number of rotatable bonds is 3. The second-order valence-electron chi connectivity index (χ2n) is 6.83. The van der Waals surface area contributed by atoms with Crippen LogP contribution < -0.4 is 5.56 Å². The number of benzene rings is 3. The summed E-state index contributed by atoms with van der Waals surface area (Å²) >= 11 is 0. The Morgan fingerprint density at radius 2 is 1.71 bits per heavy atom. The van der Waals surface area contributed by atoms with E-state index in [1.54, 1.807) is 17.1 Å². The molecule has 0 bridgehead atoms. The van der Waals surface area contributed by atoms with Crippen molar-refractivity contribution in [2.45, 2.75) is 6.54 Å². The van der Waals surface area contributed by atoms with Gasteiger partial charge in [-0.1, -0.05) is 42.5 Å². The molecule has 0 aliphatic heterocycles. The minimum Gasteiger partial charge on any atom is -0.294 e. The maximum Gasteiger partial charge on any atom is 0.261 e. The summed E-state index contributed by atoms with van der Waals surface area (Å²) in [5, 5.41) is 2.92. The molecular weight excluding hydrogens is 346 g/mol. The number of para-hydroxylation sites is 1. The normalized spacial score (nSPS) is 11.1. The molecule has 0 amide bonds. The molecule has 3 aromatic carbocycles. The molecule has 2 aromatic heterocycles. The highest BCUT2D eigenvalue weighted by atomic mass is 16.1. The van der Waals surface area contributed by atoms with E-state index in [1.165, 1.54) is 5.39 Å². The number of fused-ring (bicyclic) bond motifs is 2. The van der Waals surface area contributed by atoms with Gasteiger partial charge in [-0.3, -0.25) is 14.3 Å². The maximum absolute atomic E-state index is 12.8. The van der Waals surface area contributed by atoms with E-state index in [4.69, 9.17) is 0 Å². The lowest BCUT2D eigenvalue weighted by molar-refractivity contribution is 0.748. The predicted octanol–water partition coefficient (Wildman–Crippen LogP) is 4.66. The summed E-state index contributed by atoms with van der Waals surface area (Å²) in [4.78, 5) is 21.4. The van der Waals surface area contributed by atoms with Gasteiger partial charge >= 0.3 is 0 Å². The van der Waals surface area contributed by atoms with Crippen molar-refractivity contribution in [3.8, 4) is 11.1 Å². The number of hydrogen-bond acceptors (Lipinski definition) is 3.